The Balaban J connectivity index is 2.65. The van der Waals surface area contributed by atoms with E-state index >= 15 is 0 Å². The Kier molecular flexibility index (Phi) is 4.48. The molecule has 16 heavy (non-hydrogen) atoms. The third kappa shape index (κ3) is 3.65. The first-order valence-electron chi connectivity index (χ1n) is 4.61. The molecule has 1 heterocycles. The number of nitrogen functional groups attached to an aromatic ring is 1. The number of hydrogen-bond donors (Lipinski definition) is 1. The second-order valence-electron chi connectivity index (χ2n) is 3.16. The standard InChI is InChI=1S/C9H13BrN4O2/c1-14(4-3-8(15)16-2)9-12-6(10)5-7(11)13-9/h5H,3-4H2,1-2H3,(H2,11,12,13). The van der Waals surface area contributed by atoms with Crippen LogP contribution in [0.25, 0.3) is 0 Å². The van der Waals surface area contributed by atoms with E-state index in [1.165, 1.54) is 7.11 Å². The summed E-state index contributed by atoms with van der Waals surface area (Å²) in [4.78, 5) is 20.9. The van der Waals surface area contributed by atoms with Crippen molar-refractivity contribution >= 4 is 33.7 Å². The molecule has 0 spiro atoms. The van der Waals surface area contributed by atoms with Crippen molar-refractivity contribution < 1.29 is 9.53 Å². The molecule has 0 saturated carbocycles. The lowest BCUT2D eigenvalue weighted by Gasteiger charge is -2.16. The third-order valence-electron chi connectivity index (χ3n) is 1.92. The van der Waals surface area contributed by atoms with Crippen LogP contribution in [0.5, 0.6) is 0 Å². The highest BCUT2D eigenvalue weighted by Gasteiger charge is 2.09. The molecule has 0 bridgehead atoms. The molecule has 1 aromatic rings. The van der Waals surface area contributed by atoms with Crippen molar-refractivity contribution in [3.05, 3.63) is 10.7 Å². The number of esters is 1. The summed E-state index contributed by atoms with van der Waals surface area (Å²) < 4.78 is 5.15. The summed E-state index contributed by atoms with van der Waals surface area (Å²) in [6.45, 7) is 0.475. The Bertz CT molecular complexity index is 366. The van der Waals surface area contributed by atoms with Crippen LogP contribution >= 0.6 is 15.9 Å². The molecule has 0 radical (unpaired) electrons. The number of nitrogens with two attached hydrogens (primary N) is 1. The minimum atomic E-state index is -0.269. The van der Waals surface area contributed by atoms with Crippen LogP contribution in [-0.4, -0.2) is 36.6 Å². The zero-order chi connectivity index (χ0) is 12.1. The Morgan fingerprint density at radius 3 is 2.88 bits per heavy atom. The van der Waals surface area contributed by atoms with Gasteiger partial charge in [-0.3, -0.25) is 4.79 Å². The van der Waals surface area contributed by atoms with Gasteiger partial charge in [-0.05, 0) is 15.9 Å². The fourth-order valence-corrected chi connectivity index (χ4v) is 1.45. The van der Waals surface area contributed by atoms with Crippen LogP contribution < -0.4 is 10.6 Å². The SMILES string of the molecule is COC(=O)CCN(C)c1nc(N)cc(Br)n1. The third-order valence-corrected chi connectivity index (χ3v) is 2.33. The normalized spacial score (nSPS) is 9.94. The van der Waals surface area contributed by atoms with Crippen molar-refractivity contribution in [2.45, 2.75) is 6.42 Å². The summed E-state index contributed by atoms with van der Waals surface area (Å²) >= 11 is 3.23. The highest BCUT2D eigenvalue weighted by atomic mass is 79.9. The van der Waals surface area contributed by atoms with E-state index in [4.69, 9.17) is 5.73 Å². The van der Waals surface area contributed by atoms with Crippen LogP contribution in [0.4, 0.5) is 11.8 Å². The number of ether oxygens (including phenoxy) is 1. The van der Waals surface area contributed by atoms with Gasteiger partial charge in [0, 0.05) is 19.7 Å². The first-order chi connectivity index (χ1) is 7.52. The number of carbonyl (C=O) groups excluding carboxylic acids is 1. The predicted octanol–water partition coefficient (Wildman–Crippen LogP) is 0.821. The van der Waals surface area contributed by atoms with Gasteiger partial charge in [-0.2, -0.15) is 4.98 Å². The Labute approximate surface area is 102 Å². The number of carbonyl (C=O) groups is 1. The number of nitrogens with zero attached hydrogens (tertiary/aromatic N) is 3. The average Bonchev–Trinajstić information content (AvgIpc) is 2.23. The van der Waals surface area contributed by atoms with Crippen LogP contribution in [-0.2, 0) is 9.53 Å². The second kappa shape index (κ2) is 5.64. The van der Waals surface area contributed by atoms with E-state index in [1.807, 2.05) is 0 Å². The summed E-state index contributed by atoms with van der Waals surface area (Å²) in [6.07, 6.45) is 0.281. The molecule has 2 N–H and O–H groups in total. The number of rotatable bonds is 4. The van der Waals surface area contributed by atoms with Crippen LogP contribution in [0.1, 0.15) is 6.42 Å². The van der Waals surface area contributed by atoms with E-state index in [9.17, 15) is 4.79 Å². The van der Waals surface area contributed by atoms with E-state index < -0.39 is 0 Å². The monoisotopic (exact) mass is 288 g/mol. The quantitative estimate of drug-likeness (QED) is 0.653. The molecule has 6 nitrogen and oxygen atoms in total. The van der Waals surface area contributed by atoms with Crippen molar-refractivity contribution in [3.8, 4) is 0 Å². The number of hydrogen-bond acceptors (Lipinski definition) is 6. The van der Waals surface area contributed by atoms with Gasteiger partial charge in [0.1, 0.15) is 10.4 Å². The van der Waals surface area contributed by atoms with Gasteiger partial charge in [0.25, 0.3) is 0 Å². The Morgan fingerprint density at radius 2 is 2.31 bits per heavy atom. The molecule has 0 aliphatic rings. The summed E-state index contributed by atoms with van der Waals surface area (Å²) in [5.74, 6) is 0.576. The predicted molar refractivity (Wildman–Crippen MR) is 64.0 cm³/mol. The van der Waals surface area contributed by atoms with Crippen LogP contribution in [0.2, 0.25) is 0 Å². The molecule has 0 amide bonds. The molecule has 0 aliphatic heterocycles. The van der Waals surface area contributed by atoms with E-state index in [2.05, 4.69) is 30.6 Å². The molecule has 1 aromatic heterocycles. The van der Waals surface area contributed by atoms with Crippen molar-refractivity contribution in [1.29, 1.82) is 0 Å². The number of anilines is 2. The maximum Gasteiger partial charge on any atom is 0.307 e. The molecule has 0 saturated heterocycles. The van der Waals surface area contributed by atoms with Crippen LogP contribution in [0, 0.1) is 0 Å². The largest absolute Gasteiger partial charge is 0.469 e. The Hall–Kier alpha value is -1.37. The van der Waals surface area contributed by atoms with Gasteiger partial charge in [-0.1, -0.05) is 0 Å². The average molecular weight is 289 g/mol. The van der Waals surface area contributed by atoms with E-state index in [0.29, 0.717) is 22.9 Å². The van der Waals surface area contributed by atoms with Crippen molar-refractivity contribution in [2.24, 2.45) is 0 Å². The van der Waals surface area contributed by atoms with Gasteiger partial charge < -0.3 is 15.4 Å². The molecule has 0 aliphatic carbocycles. The fraction of sp³-hybridized carbons (Fsp3) is 0.444. The Morgan fingerprint density at radius 1 is 1.62 bits per heavy atom. The van der Waals surface area contributed by atoms with Gasteiger partial charge in [0.05, 0.1) is 13.5 Å². The first kappa shape index (κ1) is 12.7. The zero-order valence-electron chi connectivity index (χ0n) is 9.11. The van der Waals surface area contributed by atoms with Crippen molar-refractivity contribution in [3.63, 3.8) is 0 Å². The highest BCUT2D eigenvalue weighted by Crippen LogP contribution is 2.14. The topological polar surface area (TPSA) is 81.3 Å². The summed E-state index contributed by atoms with van der Waals surface area (Å²) in [5, 5.41) is 0. The van der Waals surface area contributed by atoms with Gasteiger partial charge in [0.15, 0.2) is 0 Å². The molecule has 7 heteroatoms. The van der Waals surface area contributed by atoms with Gasteiger partial charge in [-0.25, -0.2) is 4.98 Å². The van der Waals surface area contributed by atoms with Gasteiger partial charge >= 0.3 is 5.97 Å². The number of methoxy groups -OCH3 is 1. The lowest BCUT2D eigenvalue weighted by molar-refractivity contribution is -0.140. The zero-order valence-corrected chi connectivity index (χ0v) is 10.7. The lowest BCUT2D eigenvalue weighted by atomic mass is 10.4. The maximum atomic E-state index is 11.0. The lowest BCUT2D eigenvalue weighted by Crippen LogP contribution is -2.23. The molecule has 0 unspecified atom stereocenters. The van der Waals surface area contributed by atoms with E-state index in [-0.39, 0.29) is 12.4 Å². The first-order valence-corrected chi connectivity index (χ1v) is 5.40. The van der Waals surface area contributed by atoms with Crippen LogP contribution in [0.3, 0.4) is 0 Å². The minimum Gasteiger partial charge on any atom is -0.469 e. The van der Waals surface area contributed by atoms with Gasteiger partial charge in [-0.15, -0.1) is 0 Å². The summed E-state index contributed by atoms with van der Waals surface area (Å²) in [6, 6.07) is 1.61. The van der Waals surface area contributed by atoms with E-state index in [1.54, 1.807) is 18.0 Å². The molecule has 88 valence electrons. The van der Waals surface area contributed by atoms with Crippen molar-refractivity contribution in [1.82, 2.24) is 9.97 Å². The maximum absolute atomic E-state index is 11.0. The molecule has 0 aromatic carbocycles. The van der Waals surface area contributed by atoms with Crippen LogP contribution in [0.15, 0.2) is 10.7 Å². The molecular formula is C9H13BrN4O2. The number of halogens is 1. The highest BCUT2D eigenvalue weighted by molar-refractivity contribution is 9.10. The molecular weight excluding hydrogens is 276 g/mol. The van der Waals surface area contributed by atoms with E-state index in [0.717, 1.165) is 0 Å². The summed E-state index contributed by atoms with van der Waals surface area (Å²) in [5.41, 5.74) is 5.58. The smallest absolute Gasteiger partial charge is 0.307 e. The fourth-order valence-electron chi connectivity index (χ4n) is 1.05. The van der Waals surface area contributed by atoms with Gasteiger partial charge in [0.2, 0.25) is 5.95 Å². The summed E-state index contributed by atoms with van der Waals surface area (Å²) in [7, 11) is 3.14. The molecule has 1 rings (SSSR count). The molecule has 0 atom stereocenters. The van der Waals surface area contributed by atoms with Crippen molar-refractivity contribution in [2.75, 3.05) is 31.3 Å². The minimum absolute atomic E-state index is 0.269. The second-order valence-corrected chi connectivity index (χ2v) is 3.98. The number of aromatic nitrogens is 2. The molecule has 0 fully saturated rings.